The molecule has 2 rings (SSSR count). The minimum absolute atomic E-state index is 0.0429. The number of methoxy groups -OCH3 is 1. The normalized spacial score (nSPS) is 12.7. The lowest BCUT2D eigenvalue weighted by atomic mass is 10.0. The molecule has 1 atom stereocenters. The molecule has 0 aliphatic carbocycles. The van der Waals surface area contributed by atoms with E-state index in [-0.39, 0.29) is 22.8 Å². The van der Waals surface area contributed by atoms with Crippen LogP contribution in [0.2, 0.25) is 0 Å². The van der Waals surface area contributed by atoms with Gasteiger partial charge in [-0.1, -0.05) is 28.0 Å². The molecule has 1 aromatic carbocycles. The van der Waals surface area contributed by atoms with E-state index >= 15 is 0 Å². The molecule has 0 fully saturated rings. The quantitative estimate of drug-likeness (QED) is 0.497. The zero-order valence-corrected chi connectivity index (χ0v) is 15.0. The van der Waals surface area contributed by atoms with Crippen molar-refractivity contribution in [3.8, 4) is 17.0 Å². The lowest BCUT2D eigenvalue weighted by molar-refractivity contribution is -0.140. The molecule has 1 aromatic heterocycles. The van der Waals surface area contributed by atoms with Crippen LogP contribution in [-0.4, -0.2) is 24.8 Å². The molecule has 0 bridgehead atoms. The Morgan fingerprint density at radius 2 is 2.08 bits per heavy atom. The summed E-state index contributed by atoms with van der Waals surface area (Å²) in [6.07, 6.45) is -3.92. The van der Waals surface area contributed by atoms with Gasteiger partial charge in [-0.05, 0) is 24.6 Å². The van der Waals surface area contributed by atoms with Crippen molar-refractivity contribution in [3.63, 3.8) is 0 Å². The van der Waals surface area contributed by atoms with Gasteiger partial charge in [-0.3, -0.25) is 4.79 Å². The number of ether oxygens (including phenoxy) is 2. The minimum Gasteiger partial charge on any atom is -0.494 e. The van der Waals surface area contributed by atoms with Crippen LogP contribution < -0.4 is 4.74 Å². The molecule has 1 heterocycles. The van der Waals surface area contributed by atoms with Crippen LogP contribution in [0.4, 0.5) is 13.2 Å². The van der Waals surface area contributed by atoms with Crippen molar-refractivity contribution in [2.24, 2.45) is 0 Å². The molecule has 0 radical (unpaired) electrons. The average Bonchev–Trinajstić information content (AvgIpc) is 3.07. The van der Waals surface area contributed by atoms with Crippen molar-refractivity contribution in [1.82, 2.24) is 5.16 Å². The molecule has 0 aliphatic rings. The predicted molar refractivity (Wildman–Crippen MR) is 86.4 cm³/mol. The number of hydrogen-bond acceptors (Lipinski definition) is 5. The van der Waals surface area contributed by atoms with Gasteiger partial charge in [0.15, 0.2) is 10.6 Å². The molecule has 0 aliphatic heterocycles. The second kappa shape index (κ2) is 7.90. The number of carbonyl (C=O) groups is 1. The van der Waals surface area contributed by atoms with E-state index in [1.54, 1.807) is 0 Å². The Bertz CT molecular complexity index is 745. The Morgan fingerprint density at radius 3 is 2.68 bits per heavy atom. The highest BCUT2D eigenvalue weighted by molar-refractivity contribution is 9.09. The monoisotopic (exact) mass is 421 g/mol. The Kier molecular flexibility index (Phi) is 6.10. The summed E-state index contributed by atoms with van der Waals surface area (Å²) < 4.78 is 54.9. The van der Waals surface area contributed by atoms with Crippen molar-refractivity contribution >= 4 is 21.9 Å². The molecule has 0 amide bonds. The van der Waals surface area contributed by atoms with Gasteiger partial charge in [-0.15, -0.1) is 0 Å². The van der Waals surface area contributed by atoms with E-state index in [9.17, 15) is 18.0 Å². The summed E-state index contributed by atoms with van der Waals surface area (Å²) in [6, 6.07) is 4.87. The molecule has 1 unspecified atom stereocenters. The third-order valence-electron chi connectivity index (χ3n) is 3.23. The van der Waals surface area contributed by atoms with Gasteiger partial charge in [0.1, 0.15) is 11.4 Å². The van der Waals surface area contributed by atoms with Crippen molar-refractivity contribution < 1.29 is 32.0 Å². The molecule has 0 saturated carbocycles. The highest BCUT2D eigenvalue weighted by Gasteiger charge is 2.35. The topological polar surface area (TPSA) is 61.6 Å². The molecule has 0 saturated heterocycles. The number of carbonyl (C=O) groups excluding carboxylic acids is 1. The average molecular weight is 422 g/mol. The summed E-state index contributed by atoms with van der Waals surface area (Å²) in [5, 5.41) is 3.64. The molecular formula is C16H15BrF3NO4. The Balaban J connectivity index is 2.41. The fourth-order valence-electron chi connectivity index (χ4n) is 2.05. The number of alkyl halides is 4. The van der Waals surface area contributed by atoms with Crippen molar-refractivity contribution in [2.75, 3.05) is 13.7 Å². The van der Waals surface area contributed by atoms with Crippen molar-refractivity contribution in [3.05, 3.63) is 35.6 Å². The van der Waals surface area contributed by atoms with Crippen LogP contribution in [0, 0.1) is 0 Å². The number of rotatable bonds is 6. The standard InChI is InChI=1S/C16H15BrF3NO4/c1-3-6-24-9-4-5-10(11(7-9)16(18,19)20)12-8-13(25-21-12)14(17)15(22)23-2/h4-5,7-8,14H,3,6H2,1-2H3. The lowest BCUT2D eigenvalue weighted by Crippen LogP contribution is -2.08. The van der Waals surface area contributed by atoms with Gasteiger partial charge in [0.2, 0.25) is 0 Å². The van der Waals surface area contributed by atoms with Gasteiger partial charge in [-0.25, -0.2) is 0 Å². The van der Waals surface area contributed by atoms with Gasteiger partial charge in [0.05, 0.1) is 19.3 Å². The lowest BCUT2D eigenvalue weighted by Gasteiger charge is -2.13. The summed E-state index contributed by atoms with van der Waals surface area (Å²) in [6.45, 7) is 2.17. The summed E-state index contributed by atoms with van der Waals surface area (Å²) in [5.41, 5.74) is -1.11. The number of benzene rings is 1. The van der Waals surface area contributed by atoms with Crippen LogP contribution in [0.25, 0.3) is 11.3 Å². The number of aromatic nitrogens is 1. The number of halogens is 4. The molecule has 0 N–H and O–H groups in total. The predicted octanol–water partition coefficient (Wildman–Crippen LogP) is 4.76. The van der Waals surface area contributed by atoms with E-state index in [1.165, 1.54) is 25.3 Å². The fourth-order valence-corrected chi connectivity index (χ4v) is 2.45. The SMILES string of the molecule is CCCOc1ccc(-c2cc(C(Br)C(=O)OC)on2)c(C(F)(F)F)c1. The third kappa shape index (κ3) is 4.53. The maximum absolute atomic E-state index is 13.4. The molecule has 2 aromatic rings. The Hall–Kier alpha value is -2.03. The zero-order chi connectivity index (χ0) is 18.6. The summed E-state index contributed by atoms with van der Waals surface area (Å²) in [7, 11) is 1.19. The smallest absolute Gasteiger partial charge is 0.417 e. The number of esters is 1. The Morgan fingerprint density at radius 1 is 1.36 bits per heavy atom. The Labute approximate surface area is 150 Å². The first-order chi connectivity index (χ1) is 11.8. The van der Waals surface area contributed by atoms with Gasteiger partial charge < -0.3 is 14.0 Å². The zero-order valence-electron chi connectivity index (χ0n) is 13.4. The highest BCUT2D eigenvalue weighted by Crippen LogP contribution is 2.39. The van der Waals surface area contributed by atoms with Gasteiger partial charge in [0.25, 0.3) is 0 Å². The van der Waals surface area contributed by atoms with Crippen LogP contribution in [-0.2, 0) is 15.7 Å². The number of nitrogens with zero attached hydrogens (tertiary/aromatic N) is 1. The van der Waals surface area contributed by atoms with Crippen LogP contribution in [0.5, 0.6) is 5.75 Å². The first kappa shape index (κ1) is 19.3. The highest BCUT2D eigenvalue weighted by atomic mass is 79.9. The maximum atomic E-state index is 13.4. The molecule has 0 spiro atoms. The van der Waals surface area contributed by atoms with Crippen LogP contribution in [0.3, 0.4) is 0 Å². The molecule has 9 heteroatoms. The van der Waals surface area contributed by atoms with Crippen LogP contribution in [0.1, 0.15) is 29.5 Å². The fraction of sp³-hybridized carbons (Fsp3) is 0.375. The maximum Gasteiger partial charge on any atom is 0.417 e. The van der Waals surface area contributed by atoms with E-state index in [2.05, 4.69) is 25.8 Å². The minimum atomic E-state index is -4.60. The van der Waals surface area contributed by atoms with Crippen molar-refractivity contribution in [1.29, 1.82) is 0 Å². The summed E-state index contributed by atoms with van der Waals surface area (Å²) >= 11 is 3.05. The van der Waals surface area contributed by atoms with E-state index in [1.807, 2.05) is 6.92 Å². The largest absolute Gasteiger partial charge is 0.494 e. The van der Waals surface area contributed by atoms with Gasteiger partial charge >= 0.3 is 12.1 Å². The first-order valence-electron chi connectivity index (χ1n) is 7.30. The molecule has 136 valence electrons. The molecule has 5 nitrogen and oxygen atoms in total. The van der Waals surface area contributed by atoms with Gasteiger partial charge in [-0.2, -0.15) is 13.2 Å². The van der Waals surface area contributed by atoms with Crippen molar-refractivity contribution in [2.45, 2.75) is 24.3 Å². The first-order valence-corrected chi connectivity index (χ1v) is 8.22. The van der Waals surface area contributed by atoms with E-state index in [0.717, 1.165) is 6.07 Å². The van der Waals surface area contributed by atoms with Crippen LogP contribution >= 0.6 is 15.9 Å². The van der Waals surface area contributed by atoms with E-state index < -0.39 is 22.5 Å². The second-order valence-electron chi connectivity index (χ2n) is 5.05. The molecular weight excluding hydrogens is 407 g/mol. The second-order valence-corrected chi connectivity index (χ2v) is 5.97. The van der Waals surface area contributed by atoms with Gasteiger partial charge in [0, 0.05) is 11.6 Å². The summed E-state index contributed by atoms with van der Waals surface area (Å²) in [5.74, 6) is -0.488. The number of hydrogen-bond donors (Lipinski definition) is 0. The van der Waals surface area contributed by atoms with E-state index in [0.29, 0.717) is 13.0 Å². The van der Waals surface area contributed by atoms with E-state index in [4.69, 9.17) is 9.26 Å². The van der Waals surface area contributed by atoms with Crippen LogP contribution in [0.15, 0.2) is 28.8 Å². The third-order valence-corrected chi connectivity index (χ3v) is 4.06. The molecule has 25 heavy (non-hydrogen) atoms. The summed E-state index contributed by atoms with van der Waals surface area (Å²) in [4.78, 5) is 10.5.